The van der Waals surface area contributed by atoms with Gasteiger partial charge in [0, 0.05) is 12.6 Å². The van der Waals surface area contributed by atoms with Crippen LogP contribution in [0, 0.1) is 18.7 Å². The summed E-state index contributed by atoms with van der Waals surface area (Å²) in [7, 11) is 0. The molecule has 2 aromatic rings. The fraction of sp³-hybridized carbons (Fsp3) is 0.524. The lowest BCUT2D eigenvalue weighted by atomic mass is 9.83. The summed E-state index contributed by atoms with van der Waals surface area (Å²) in [6.45, 7) is 4.90. The van der Waals surface area contributed by atoms with E-state index < -0.39 is 0 Å². The van der Waals surface area contributed by atoms with Gasteiger partial charge in [-0.25, -0.2) is 9.07 Å². The van der Waals surface area contributed by atoms with Gasteiger partial charge in [-0.1, -0.05) is 18.6 Å². The maximum Gasteiger partial charge on any atom is 0.254 e. The molecule has 2 saturated heterocycles. The normalized spacial score (nSPS) is 23.0. The predicted molar refractivity (Wildman–Crippen MR) is 103 cm³/mol. The summed E-state index contributed by atoms with van der Waals surface area (Å²) in [6.07, 6.45) is 7.75. The first-order valence-electron chi connectivity index (χ1n) is 9.97. The first-order chi connectivity index (χ1) is 13.1. The molecule has 0 saturated carbocycles. The maximum atomic E-state index is 14.0. The smallest absolute Gasteiger partial charge is 0.254 e. The Morgan fingerprint density at radius 1 is 1.22 bits per heavy atom. The highest BCUT2D eigenvalue weighted by molar-refractivity contribution is 5.95. The molecule has 3 heterocycles. The SMILES string of the molecule is Cc1c(C(=O)NC[C@@H]2CCCN3CCCC[C@@H]23)cnn1-c1ccccc1F. The molecule has 5 nitrogen and oxygen atoms in total. The largest absolute Gasteiger partial charge is 0.352 e. The van der Waals surface area contributed by atoms with Crippen molar-refractivity contribution < 1.29 is 9.18 Å². The number of nitrogens with one attached hydrogen (secondary N) is 1. The minimum atomic E-state index is -0.352. The summed E-state index contributed by atoms with van der Waals surface area (Å²) in [5.41, 5.74) is 1.52. The minimum absolute atomic E-state index is 0.122. The molecule has 0 radical (unpaired) electrons. The van der Waals surface area contributed by atoms with Crippen LogP contribution in [0.3, 0.4) is 0 Å². The molecule has 27 heavy (non-hydrogen) atoms. The first kappa shape index (κ1) is 18.2. The third kappa shape index (κ3) is 3.63. The standard InChI is InChI=1S/C21H27FN4O/c1-15-17(14-24-26(15)20-10-3-2-8-18(20)22)21(27)23-13-16-7-6-12-25-11-5-4-9-19(16)25/h2-3,8,10,14,16,19H,4-7,9,11-13H2,1H3,(H,23,27)/t16-,19-/m0/s1. The van der Waals surface area contributed by atoms with Gasteiger partial charge in [0.15, 0.2) is 0 Å². The second-order valence-electron chi connectivity index (χ2n) is 7.72. The van der Waals surface area contributed by atoms with Gasteiger partial charge in [0.25, 0.3) is 5.91 Å². The van der Waals surface area contributed by atoms with Gasteiger partial charge in [-0.05, 0) is 63.7 Å². The zero-order chi connectivity index (χ0) is 18.8. The number of halogens is 1. The van der Waals surface area contributed by atoms with E-state index in [1.807, 2.05) is 0 Å². The van der Waals surface area contributed by atoms with E-state index in [0.29, 0.717) is 35.4 Å². The summed E-state index contributed by atoms with van der Waals surface area (Å²) in [5.74, 6) is 0.0446. The molecule has 0 spiro atoms. The highest BCUT2D eigenvalue weighted by atomic mass is 19.1. The second-order valence-corrected chi connectivity index (χ2v) is 7.72. The van der Waals surface area contributed by atoms with Gasteiger partial charge in [-0.2, -0.15) is 5.10 Å². The molecule has 1 aromatic heterocycles. The van der Waals surface area contributed by atoms with Crippen molar-refractivity contribution >= 4 is 5.91 Å². The molecule has 0 bridgehead atoms. The van der Waals surface area contributed by atoms with Crippen molar-refractivity contribution in [3.8, 4) is 5.69 Å². The molecule has 1 aromatic carbocycles. The maximum absolute atomic E-state index is 14.0. The summed E-state index contributed by atoms with van der Waals surface area (Å²) >= 11 is 0. The lowest BCUT2D eigenvalue weighted by molar-refractivity contribution is 0.0575. The summed E-state index contributed by atoms with van der Waals surface area (Å²) < 4.78 is 15.5. The lowest BCUT2D eigenvalue weighted by Gasteiger charge is -2.44. The monoisotopic (exact) mass is 370 g/mol. The van der Waals surface area contributed by atoms with E-state index in [0.717, 1.165) is 0 Å². The van der Waals surface area contributed by atoms with Crippen LogP contribution in [-0.4, -0.2) is 46.3 Å². The quantitative estimate of drug-likeness (QED) is 0.898. The summed E-state index contributed by atoms with van der Waals surface area (Å²) in [4.78, 5) is 15.3. The Kier molecular flexibility index (Phi) is 5.25. The van der Waals surface area contributed by atoms with Gasteiger partial charge in [-0.3, -0.25) is 4.79 Å². The fourth-order valence-corrected chi connectivity index (χ4v) is 4.63. The average molecular weight is 370 g/mol. The van der Waals surface area contributed by atoms with Crippen molar-refractivity contribution in [1.82, 2.24) is 20.0 Å². The van der Waals surface area contributed by atoms with Crippen molar-refractivity contribution in [2.75, 3.05) is 19.6 Å². The second kappa shape index (κ2) is 7.80. The number of nitrogens with zero attached hydrogens (tertiary/aromatic N) is 3. The topological polar surface area (TPSA) is 50.2 Å². The molecular formula is C21H27FN4O. The van der Waals surface area contributed by atoms with E-state index >= 15 is 0 Å². The third-order valence-corrected chi connectivity index (χ3v) is 6.09. The Hall–Kier alpha value is -2.21. The van der Waals surface area contributed by atoms with E-state index in [4.69, 9.17) is 0 Å². The van der Waals surface area contributed by atoms with Crippen molar-refractivity contribution in [3.05, 3.63) is 47.5 Å². The molecule has 6 heteroatoms. The zero-order valence-corrected chi connectivity index (χ0v) is 15.8. The number of carbonyl (C=O) groups excluding carboxylic acids is 1. The number of rotatable bonds is 4. The molecular weight excluding hydrogens is 343 g/mol. The molecule has 2 atom stereocenters. The number of hydrogen-bond donors (Lipinski definition) is 1. The Morgan fingerprint density at radius 2 is 2.04 bits per heavy atom. The molecule has 144 valence electrons. The van der Waals surface area contributed by atoms with Crippen LogP contribution in [0.5, 0.6) is 0 Å². The number of fused-ring (bicyclic) bond motifs is 1. The highest BCUT2D eigenvalue weighted by Gasteiger charge is 2.33. The molecule has 2 fully saturated rings. The van der Waals surface area contributed by atoms with Gasteiger partial charge in [0.05, 0.1) is 17.5 Å². The summed E-state index contributed by atoms with van der Waals surface area (Å²) in [5, 5.41) is 7.35. The van der Waals surface area contributed by atoms with Crippen LogP contribution in [0.2, 0.25) is 0 Å². The first-order valence-corrected chi connectivity index (χ1v) is 9.97. The van der Waals surface area contributed by atoms with Gasteiger partial charge >= 0.3 is 0 Å². The molecule has 1 N–H and O–H groups in total. The van der Waals surface area contributed by atoms with Crippen LogP contribution in [0.15, 0.2) is 30.5 Å². The number of para-hydroxylation sites is 1. The summed E-state index contributed by atoms with van der Waals surface area (Å²) in [6, 6.07) is 7.07. The Bertz CT molecular complexity index is 816. The van der Waals surface area contributed by atoms with E-state index in [2.05, 4.69) is 15.3 Å². The van der Waals surface area contributed by atoms with Crippen LogP contribution >= 0.6 is 0 Å². The number of hydrogen-bond acceptors (Lipinski definition) is 3. The molecule has 2 aliphatic rings. The fourth-order valence-electron chi connectivity index (χ4n) is 4.63. The number of aromatic nitrogens is 2. The van der Waals surface area contributed by atoms with Gasteiger partial charge < -0.3 is 10.2 Å². The van der Waals surface area contributed by atoms with E-state index in [-0.39, 0.29) is 11.7 Å². The van der Waals surface area contributed by atoms with E-state index in [9.17, 15) is 9.18 Å². The van der Waals surface area contributed by atoms with Crippen molar-refractivity contribution in [2.24, 2.45) is 5.92 Å². The van der Waals surface area contributed by atoms with E-state index in [1.165, 1.54) is 62.1 Å². The third-order valence-electron chi connectivity index (χ3n) is 6.09. The van der Waals surface area contributed by atoms with Crippen molar-refractivity contribution in [3.63, 3.8) is 0 Å². The Labute approximate surface area is 159 Å². The number of benzene rings is 1. The Morgan fingerprint density at radius 3 is 2.89 bits per heavy atom. The van der Waals surface area contributed by atoms with Gasteiger partial charge in [0.2, 0.25) is 0 Å². The van der Waals surface area contributed by atoms with Crippen LogP contribution in [0.4, 0.5) is 4.39 Å². The molecule has 0 aliphatic carbocycles. The molecule has 4 rings (SSSR count). The van der Waals surface area contributed by atoms with Crippen LogP contribution < -0.4 is 5.32 Å². The Balaban J connectivity index is 1.44. The average Bonchev–Trinajstić information content (AvgIpc) is 3.08. The molecule has 2 aliphatic heterocycles. The highest BCUT2D eigenvalue weighted by Crippen LogP contribution is 2.30. The number of amides is 1. The lowest BCUT2D eigenvalue weighted by Crippen LogP contribution is -2.51. The van der Waals surface area contributed by atoms with Crippen molar-refractivity contribution in [1.29, 1.82) is 0 Å². The van der Waals surface area contributed by atoms with Crippen LogP contribution in [-0.2, 0) is 0 Å². The van der Waals surface area contributed by atoms with E-state index in [1.54, 1.807) is 25.1 Å². The number of carbonyl (C=O) groups is 1. The van der Waals surface area contributed by atoms with Crippen molar-refractivity contribution in [2.45, 2.75) is 45.1 Å². The van der Waals surface area contributed by atoms with Gasteiger partial charge in [-0.15, -0.1) is 0 Å². The zero-order valence-electron chi connectivity index (χ0n) is 15.8. The predicted octanol–water partition coefficient (Wildman–Crippen LogP) is 3.31. The molecule has 0 unspecified atom stereocenters. The van der Waals surface area contributed by atoms with Crippen LogP contribution in [0.1, 0.15) is 48.2 Å². The number of piperidine rings is 2. The van der Waals surface area contributed by atoms with Crippen LogP contribution in [0.25, 0.3) is 5.69 Å². The van der Waals surface area contributed by atoms with Gasteiger partial charge in [0.1, 0.15) is 11.5 Å². The molecule has 1 amide bonds. The minimum Gasteiger partial charge on any atom is -0.352 e.